The Morgan fingerprint density at radius 2 is 2.44 bits per heavy atom. The average Bonchev–Trinajstić information content (AvgIpc) is 2.89. The van der Waals surface area contributed by atoms with Gasteiger partial charge in [0.2, 0.25) is 5.91 Å². The highest BCUT2D eigenvalue weighted by Crippen LogP contribution is 2.25. The first kappa shape index (κ1) is 11.6. The largest absolute Gasteiger partial charge is 0.351 e. The molecule has 1 aromatic rings. The van der Waals surface area contributed by atoms with Crippen LogP contribution in [-0.4, -0.2) is 11.9 Å². The van der Waals surface area contributed by atoms with Crippen LogP contribution in [0.4, 0.5) is 0 Å². The van der Waals surface area contributed by atoms with Crippen LogP contribution in [0.1, 0.15) is 37.1 Å². The molecular formula is C12H18N2OS. The van der Waals surface area contributed by atoms with Crippen LogP contribution in [0, 0.1) is 5.92 Å². The fourth-order valence-corrected chi connectivity index (χ4v) is 2.95. The van der Waals surface area contributed by atoms with Gasteiger partial charge in [-0.3, -0.25) is 4.79 Å². The molecule has 0 bridgehead atoms. The van der Waals surface area contributed by atoms with Crippen molar-refractivity contribution in [1.29, 1.82) is 0 Å². The van der Waals surface area contributed by atoms with Crippen LogP contribution >= 0.6 is 11.3 Å². The molecule has 3 N–H and O–H groups in total. The summed E-state index contributed by atoms with van der Waals surface area (Å²) in [4.78, 5) is 12.8. The van der Waals surface area contributed by atoms with Crippen LogP contribution in [0.2, 0.25) is 0 Å². The molecule has 88 valence electrons. The fourth-order valence-electron chi connectivity index (χ4n) is 2.23. The van der Waals surface area contributed by atoms with Crippen molar-refractivity contribution in [2.45, 2.75) is 38.3 Å². The van der Waals surface area contributed by atoms with Crippen LogP contribution in [0.25, 0.3) is 0 Å². The summed E-state index contributed by atoms with van der Waals surface area (Å²) in [6.07, 6.45) is 3.50. The van der Waals surface area contributed by atoms with Gasteiger partial charge in [0.1, 0.15) is 6.04 Å². The van der Waals surface area contributed by atoms with Gasteiger partial charge in [-0.2, -0.15) is 0 Å². The summed E-state index contributed by atoms with van der Waals surface area (Å²) in [7, 11) is 0. The minimum atomic E-state index is -0.507. The molecule has 1 saturated carbocycles. The zero-order chi connectivity index (χ0) is 11.5. The van der Waals surface area contributed by atoms with Gasteiger partial charge in [0, 0.05) is 10.9 Å². The summed E-state index contributed by atoms with van der Waals surface area (Å²) in [5.74, 6) is 0.542. The Morgan fingerprint density at radius 1 is 1.62 bits per heavy atom. The number of amides is 1. The number of rotatable bonds is 3. The molecule has 3 nitrogen and oxygen atoms in total. The minimum Gasteiger partial charge on any atom is -0.351 e. The minimum absolute atomic E-state index is 0.0406. The van der Waals surface area contributed by atoms with E-state index in [4.69, 9.17) is 5.73 Å². The van der Waals surface area contributed by atoms with Gasteiger partial charge in [-0.1, -0.05) is 19.4 Å². The van der Waals surface area contributed by atoms with E-state index < -0.39 is 6.04 Å². The van der Waals surface area contributed by atoms with Gasteiger partial charge in [-0.15, -0.1) is 11.3 Å². The number of nitrogens with one attached hydrogen (secondary N) is 1. The monoisotopic (exact) mass is 238 g/mol. The Kier molecular flexibility index (Phi) is 3.61. The molecule has 0 aliphatic heterocycles. The maximum absolute atomic E-state index is 11.9. The van der Waals surface area contributed by atoms with Crippen molar-refractivity contribution in [3.8, 4) is 0 Å². The highest BCUT2D eigenvalue weighted by atomic mass is 32.1. The first-order chi connectivity index (χ1) is 7.68. The Morgan fingerprint density at radius 3 is 3.00 bits per heavy atom. The van der Waals surface area contributed by atoms with E-state index in [1.54, 1.807) is 0 Å². The number of thiophene rings is 1. The number of carbonyl (C=O) groups is 1. The maximum atomic E-state index is 11.9. The van der Waals surface area contributed by atoms with E-state index in [0.29, 0.717) is 12.0 Å². The van der Waals surface area contributed by atoms with E-state index in [-0.39, 0.29) is 5.91 Å². The summed E-state index contributed by atoms with van der Waals surface area (Å²) in [6, 6.07) is 3.64. The smallest absolute Gasteiger partial charge is 0.242 e. The van der Waals surface area contributed by atoms with E-state index in [2.05, 4.69) is 12.2 Å². The Labute approximate surface area is 100 Å². The predicted octanol–water partition coefficient (Wildman–Crippen LogP) is 2.05. The third-order valence-corrected chi connectivity index (χ3v) is 4.28. The van der Waals surface area contributed by atoms with Crippen molar-refractivity contribution < 1.29 is 4.79 Å². The van der Waals surface area contributed by atoms with Crippen LogP contribution in [0.15, 0.2) is 17.5 Å². The predicted molar refractivity (Wildman–Crippen MR) is 66.2 cm³/mol. The van der Waals surface area contributed by atoms with Crippen molar-refractivity contribution in [3.05, 3.63) is 22.4 Å². The van der Waals surface area contributed by atoms with E-state index in [9.17, 15) is 4.79 Å². The summed E-state index contributed by atoms with van der Waals surface area (Å²) in [5.41, 5.74) is 5.90. The summed E-state index contributed by atoms with van der Waals surface area (Å²) in [5, 5.41) is 5.00. The molecule has 0 aromatic carbocycles. The van der Waals surface area contributed by atoms with Gasteiger partial charge in [-0.05, 0) is 30.2 Å². The molecule has 1 aliphatic rings. The molecule has 0 radical (unpaired) electrons. The third-order valence-electron chi connectivity index (χ3n) is 3.32. The fraction of sp³-hybridized carbons (Fsp3) is 0.583. The van der Waals surface area contributed by atoms with Crippen molar-refractivity contribution in [3.63, 3.8) is 0 Å². The number of nitrogens with two attached hydrogens (primary N) is 1. The van der Waals surface area contributed by atoms with Gasteiger partial charge in [0.05, 0.1) is 0 Å². The first-order valence-electron chi connectivity index (χ1n) is 5.78. The molecule has 2 rings (SSSR count). The Balaban J connectivity index is 1.93. The third kappa shape index (κ3) is 2.44. The quantitative estimate of drug-likeness (QED) is 0.847. The number of carbonyl (C=O) groups excluding carboxylic acids is 1. The Bertz CT molecular complexity index is 350. The molecule has 3 unspecified atom stereocenters. The second kappa shape index (κ2) is 4.97. The highest BCUT2D eigenvalue weighted by Gasteiger charge is 2.27. The summed E-state index contributed by atoms with van der Waals surface area (Å²) < 4.78 is 0. The second-order valence-electron chi connectivity index (χ2n) is 4.52. The number of hydrogen-bond donors (Lipinski definition) is 2. The lowest BCUT2D eigenvalue weighted by Crippen LogP contribution is -2.41. The van der Waals surface area contributed by atoms with Crippen LogP contribution in [-0.2, 0) is 4.79 Å². The molecule has 1 heterocycles. The maximum Gasteiger partial charge on any atom is 0.242 e. The van der Waals surface area contributed by atoms with Gasteiger partial charge < -0.3 is 11.1 Å². The van der Waals surface area contributed by atoms with Gasteiger partial charge >= 0.3 is 0 Å². The van der Waals surface area contributed by atoms with Gasteiger partial charge in [0.15, 0.2) is 0 Å². The second-order valence-corrected chi connectivity index (χ2v) is 5.50. The van der Waals surface area contributed by atoms with Crippen molar-refractivity contribution in [1.82, 2.24) is 5.32 Å². The molecule has 0 saturated heterocycles. The lowest BCUT2D eigenvalue weighted by Gasteiger charge is -2.19. The molecule has 1 aliphatic carbocycles. The topological polar surface area (TPSA) is 55.1 Å². The zero-order valence-corrected chi connectivity index (χ0v) is 10.3. The molecule has 1 aromatic heterocycles. The van der Waals surface area contributed by atoms with Crippen molar-refractivity contribution in [2.75, 3.05) is 0 Å². The lowest BCUT2D eigenvalue weighted by atomic mass is 10.1. The average molecular weight is 238 g/mol. The van der Waals surface area contributed by atoms with Crippen LogP contribution in [0.5, 0.6) is 0 Å². The zero-order valence-electron chi connectivity index (χ0n) is 9.48. The molecule has 1 amide bonds. The van der Waals surface area contributed by atoms with Crippen molar-refractivity contribution >= 4 is 17.2 Å². The molecule has 4 heteroatoms. The summed E-state index contributed by atoms with van der Waals surface area (Å²) >= 11 is 1.53. The Hall–Kier alpha value is -0.870. The van der Waals surface area contributed by atoms with E-state index in [0.717, 1.165) is 11.3 Å². The molecule has 0 spiro atoms. The normalized spacial score (nSPS) is 26.6. The van der Waals surface area contributed by atoms with E-state index in [1.807, 2.05) is 17.5 Å². The van der Waals surface area contributed by atoms with Crippen LogP contribution in [0.3, 0.4) is 0 Å². The SMILES string of the molecule is CC1CCCC1NC(=O)C(N)c1cccs1. The molecular weight excluding hydrogens is 220 g/mol. The lowest BCUT2D eigenvalue weighted by molar-refractivity contribution is -0.123. The van der Waals surface area contributed by atoms with Gasteiger partial charge in [-0.25, -0.2) is 0 Å². The van der Waals surface area contributed by atoms with Gasteiger partial charge in [0.25, 0.3) is 0 Å². The van der Waals surface area contributed by atoms with E-state index in [1.165, 1.54) is 24.2 Å². The number of hydrogen-bond acceptors (Lipinski definition) is 3. The summed E-state index contributed by atoms with van der Waals surface area (Å²) in [6.45, 7) is 2.19. The van der Waals surface area contributed by atoms with Crippen LogP contribution < -0.4 is 11.1 Å². The molecule has 3 atom stereocenters. The van der Waals surface area contributed by atoms with Crippen molar-refractivity contribution in [2.24, 2.45) is 11.7 Å². The molecule has 16 heavy (non-hydrogen) atoms. The highest BCUT2D eigenvalue weighted by molar-refractivity contribution is 7.10. The van der Waals surface area contributed by atoms with E-state index >= 15 is 0 Å². The molecule has 1 fully saturated rings. The first-order valence-corrected chi connectivity index (χ1v) is 6.66. The standard InChI is InChI=1S/C12H18N2OS/c1-8-4-2-5-9(8)14-12(15)11(13)10-6-3-7-16-10/h3,6-9,11H,2,4-5,13H2,1H3,(H,14,15).